The minimum atomic E-state index is -4.51. The van der Waals surface area contributed by atoms with Crippen LogP contribution in [0.5, 0.6) is 0 Å². The molecule has 0 aliphatic carbocycles. The van der Waals surface area contributed by atoms with Crippen molar-refractivity contribution >= 4 is 5.91 Å². The fourth-order valence-electron chi connectivity index (χ4n) is 4.71. The lowest BCUT2D eigenvalue weighted by molar-refractivity contribution is -0.141. The van der Waals surface area contributed by atoms with Crippen LogP contribution in [-0.4, -0.2) is 52.8 Å². The number of hydrogen-bond donors (Lipinski definition) is 0. The fourth-order valence-corrected chi connectivity index (χ4v) is 4.71. The van der Waals surface area contributed by atoms with E-state index in [1.165, 1.54) is 23.4 Å². The number of halogens is 3. The van der Waals surface area contributed by atoms with E-state index in [2.05, 4.69) is 25.1 Å². The minimum absolute atomic E-state index is 0.000212. The molecule has 3 atom stereocenters. The first-order valence-electron chi connectivity index (χ1n) is 9.94. The van der Waals surface area contributed by atoms with Gasteiger partial charge in [-0.15, -0.1) is 4.80 Å². The molecule has 8 nitrogen and oxygen atoms in total. The van der Waals surface area contributed by atoms with Crippen LogP contribution in [0, 0.1) is 5.92 Å². The van der Waals surface area contributed by atoms with Crippen LogP contribution in [0.1, 0.15) is 41.0 Å². The number of amides is 1. The third-order valence-electron chi connectivity index (χ3n) is 5.99. The van der Waals surface area contributed by atoms with Gasteiger partial charge >= 0.3 is 6.18 Å². The lowest BCUT2D eigenvalue weighted by Gasteiger charge is -2.25. The number of hydrogen-bond acceptors (Lipinski definition) is 6. The van der Waals surface area contributed by atoms with Crippen LogP contribution in [-0.2, 0) is 12.6 Å². The van der Waals surface area contributed by atoms with Crippen molar-refractivity contribution in [2.24, 2.45) is 5.92 Å². The summed E-state index contributed by atoms with van der Waals surface area (Å²) in [4.78, 5) is 28.4. The third-order valence-corrected chi connectivity index (χ3v) is 5.99. The molecule has 3 aromatic rings. The maximum atomic E-state index is 13.4. The van der Waals surface area contributed by atoms with Crippen LogP contribution in [0.4, 0.5) is 13.2 Å². The van der Waals surface area contributed by atoms with E-state index in [0.29, 0.717) is 23.5 Å². The van der Waals surface area contributed by atoms with E-state index in [1.54, 1.807) is 18.3 Å². The number of fused-ring (bicyclic) bond motifs is 2. The van der Waals surface area contributed by atoms with Crippen LogP contribution < -0.4 is 0 Å². The summed E-state index contributed by atoms with van der Waals surface area (Å²) in [5.41, 5.74) is -0.0799. The van der Waals surface area contributed by atoms with Crippen molar-refractivity contribution in [3.05, 3.63) is 60.1 Å². The molecular formula is C20H18F3N7O. The Morgan fingerprint density at radius 3 is 2.58 bits per heavy atom. The number of carbonyl (C=O) groups excluding carboxylic acids is 1. The minimum Gasteiger partial charge on any atom is -0.332 e. The highest BCUT2D eigenvalue weighted by molar-refractivity contribution is 5.97. The van der Waals surface area contributed by atoms with Crippen molar-refractivity contribution in [2.45, 2.75) is 43.9 Å². The lowest BCUT2D eigenvalue weighted by atomic mass is 9.86. The van der Waals surface area contributed by atoms with Gasteiger partial charge in [0.25, 0.3) is 5.91 Å². The SMILES string of the molecule is O=C(c1cccnc1-n1nccn1)N1C2CCC1C(Cc1cnc(C(F)(F)F)cn1)C2. The lowest BCUT2D eigenvalue weighted by Crippen LogP contribution is -2.37. The molecule has 0 radical (unpaired) electrons. The first kappa shape index (κ1) is 19.6. The zero-order chi connectivity index (χ0) is 21.6. The maximum absolute atomic E-state index is 13.4. The molecule has 0 saturated carbocycles. The van der Waals surface area contributed by atoms with Crippen molar-refractivity contribution in [3.63, 3.8) is 0 Å². The van der Waals surface area contributed by atoms with Crippen molar-refractivity contribution < 1.29 is 18.0 Å². The van der Waals surface area contributed by atoms with Crippen LogP contribution in [0.2, 0.25) is 0 Å². The van der Waals surface area contributed by atoms with Gasteiger partial charge in [-0.25, -0.2) is 9.97 Å². The molecule has 31 heavy (non-hydrogen) atoms. The normalized spacial score (nSPS) is 22.8. The Labute approximate surface area is 175 Å². The van der Waals surface area contributed by atoms with Gasteiger partial charge in [0, 0.05) is 24.5 Å². The summed E-state index contributed by atoms with van der Waals surface area (Å²) < 4.78 is 38.2. The zero-order valence-electron chi connectivity index (χ0n) is 16.3. The largest absolute Gasteiger partial charge is 0.434 e. The average molecular weight is 429 g/mol. The first-order valence-corrected chi connectivity index (χ1v) is 9.94. The van der Waals surface area contributed by atoms with Gasteiger partial charge in [-0.2, -0.15) is 23.4 Å². The fraction of sp³-hybridized carbons (Fsp3) is 0.400. The number of pyridine rings is 1. The smallest absolute Gasteiger partial charge is 0.332 e. The Balaban J connectivity index is 1.36. The summed E-state index contributed by atoms with van der Waals surface area (Å²) in [5.74, 6) is 0.361. The van der Waals surface area contributed by atoms with Gasteiger partial charge in [0.15, 0.2) is 11.5 Å². The van der Waals surface area contributed by atoms with Gasteiger partial charge in [-0.05, 0) is 43.7 Å². The maximum Gasteiger partial charge on any atom is 0.434 e. The number of alkyl halides is 3. The van der Waals surface area contributed by atoms with E-state index < -0.39 is 11.9 Å². The van der Waals surface area contributed by atoms with Crippen molar-refractivity contribution in [1.29, 1.82) is 0 Å². The number of nitrogens with zero attached hydrogens (tertiary/aromatic N) is 7. The highest BCUT2D eigenvalue weighted by atomic mass is 19.4. The van der Waals surface area contributed by atoms with Gasteiger partial charge in [-0.1, -0.05) is 0 Å². The standard InChI is InChI=1S/C20H18F3N7O/c21-20(22,23)17-11-25-13(10-26-17)8-12-9-14-3-4-16(12)29(14)19(31)15-2-1-5-24-18(15)30-27-6-7-28-30/h1-2,5-7,10-12,14,16H,3-4,8-9H2. The Hall–Kier alpha value is -3.37. The van der Waals surface area contributed by atoms with Crippen LogP contribution in [0.25, 0.3) is 5.82 Å². The van der Waals surface area contributed by atoms with Crippen molar-refractivity contribution in [2.75, 3.05) is 0 Å². The predicted molar refractivity (Wildman–Crippen MR) is 101 cm³/mol. The Bertz CT molecular complexity index is 1080. The summed E-state index contributed by atoms with van der Waals surface area (Å²) in [6, 6.07) is 3.50. The molecule has 11 heteroatoms. The van der Waals surface area contributed by atoms with E-state index >= 15 is 0 Å². The zero-order valence-corrected chi connectivity index (χ0v) is 16.3. The second-order valence-corrected chi connectivity index (χ2v) is 7.79. The average Bonchev–Trinajstić information content (AvgIpc) is 3.50. The van der Waals surface area contributed by atoms with Crippen molar-refractivity contribution in [3.8, 4) is 5.82 Å². The molecule has 160 valence electrons. The number of rotatable bonds is 4. The van der Waals surface area contributed by atoms with E-state index in [9.17, 15) is 18.0 Å². The molecule has 3 unspecified atom stereocenters. The molecule has 2 aliphatic rings. The summed E-state index contributed by atoms with van der Waals surface area (Å²) in [7, 11) is 0. The van der Waals surface area contributed by atoms with Gasteiger partial charge < -0.3 is 4.90 Å². The summed E-state index contributed by atoms with van der Waals surface area (Å²) in [6.07, 6.45) is 5.09. The summed E-state index contributed by atoms with van der Waals surface area (Å²) >= 11 is 0. The monoisotopic (exact) mass is 429 g/mol. The van der Waals surface area contributed by atoms with Gasteiger partial charge in [0.1, 0.15) is 0 Å². The quantitative estimate of drug-likeness (QED) is 0.634. The van der Waals surface area contributed by atoms with Crippen LogP contribution >= 0.6 is 0 Å². The number of carbonyl (C=O) groups is 1. The summed E-state index contributed by atoms with van der Waals surface area (Å²) in [6.45, 7) is 0. The van der Waals surface area contributed by atoms with Gasteiger partial charge in [-0.3, -0.25) is 9.78 Å². The highest BCUT2D eigenvalue weighted by Gasteiger charge is 2.49. The topological polar surface area (TPSA) is 89.7 Å². The Morgan fingerprint density at radius 1 is 1.06 bits per heavy atom. The van der Waals surface area contributed by atoms with E-state index in [4.69, 9.17) is 0 Å². The molecule has 2 saturated heterocycles. The Kier molecular flexibility index (Phi) is 4.67. The highest BCUT2D eigenvalue weighted by Crippen LogP contribution is 2.44. The molecule has 2 bridgehead atoms. The molecule has 1 amide bonds. The van der Waals surface area contributed by atoms with Crippen LogP contribution in [0.15, 0.2) is 43.1 Å². The van der Waals surface area contributed by atoms with Gasteiger partial charge in [0.05, 0.1) is 29.8 Å². The molecule has 0 N–H and O–H groups in total. The van der Waals surface area contributed by atoms with Crippen molar-refractivity contribution in [1.82, 2.24) is 34.8 Å². The molecule has 2 aliphatic heterocycles. The molecule has 0 spiro atoms. The second-order valence-electron chi connectivity index (χ2n) is 7.79. The van der Waals surface area contributed by atoms with Crippen LogP contribution in [0.3, 0.4) is 0 Å². The molecule has 5 rings (SSSR count). The van der Waals surface area contributed by atoms with E-state index in [1.807, 2.05) is 4.90 Å². The third kappa shape index (κ3) is 3.53. The molecular weight excluding hydrogens is 411 g/mol. The molecule has 3 aromatic heterocycles. The second kappa shape index (κ2) is 7.40. The van der Waals surface area contributed by atoms with Gasteiger partial charge in [0.2, 0.25) is 0 Å². The predicted octanol–water partition coefficient (Wildman–Crippen LogP) is 2.71. The first-order chi connectivity index (χ1) is 14.9. The van der Waals surface area contributed by atoms with E-state index in [-0.39, 0.29) is 23.9 Å². The summed E-state index contributed by atoms with van der Waals surface area (Å²) in [5, 5.41) is 8.16. The molecule has 2 fully saturated rings. The molecule has 0 aromatic carbocycles. The van der Waals surface area contributed by atoms with E-state index in [0.717, 1.165) is 25.5 Å². The molecule has 5 heterocycles. The Morgan fingerprint density at radius 2 is 1.87 bits per heavy atom. The number of aromatic nitrogens is 6.